The van der Waals surface area contributed by atoms with E-state index in [-0.39, 0.29) is 11.3 Å². The SMILES string of the molecule is C/C(=N\O)[C@H]1C[C@H]2[C@@H]3CC[C@H]([C@H](C)CCCC(C)C)[C@@]3(C)CC[C@@H]2[C@@]2(C)CC/C(=N\O)C=C12. The maximum absolute atomic E-state index is 9.74. The molecule has 0 spiro atoms. The van der Waals surface area contributed by atoms with Crippen molar-refractivity contribution in [3.8, 4) is 0 Å². The van der Waals surface area contributed by atoms with Crippen LogP contribution in [0.4, 0.5) is 0 Å². The van der Waals surface area contributed by atoms with Gasteiger partial charge in [0.2, 0.25) is 0 Å². The van der Waals surface area contributed by atoms with E-state index in [2.05, 4.69) is 51.0 Å². The van der Waals surface area contributed by atoms with Crippen LogP contribution in [0.2, 0.25) is 0 Å². The van der Waals surface area contributed by atoms with Crippen LogP contribution in [0.3, 0.4) is 0 Å². The summed E-state index contributed by atoms with van der Waals surface area (Å²) in [5.74, 6) is 4.83. The maximum Gasteiger partial charge on any atom is 0.0796 e. The first-order chi connectivity index (χ1) is 15.7. The molecule has 0 aromatic heterocycles. The molecule has 8 atom stereocenters. The molecule has 186 valence electrons. The van der Waals surface area contributed by atoms with E-state index < -0.39 is 0 Å². The first-order valence-electron chi connectivity index (χ1n) is 13.8. The Hall–Kier alpha value is -1.32. The second kappa shape index (κ2) is 9.38. The van der Waals surface area contributed by atoms with Gasteiger partial charge in [-0.05, 0) is 104 Å². The molecule has 4 aliphatic carbocycles. The minimum atomic E-state index is 0.121. The lowest BCUT2D eigenvalue weighted by molar-refractivity contribution is -0.0628. The number of allylic oxidation sites excluding steroid dienone is 2. The normalized spacial score (nSPS) is 43.1. The van der Waals surface area contributed by atoms with Crippen LogP contribution in [0, 0.1) is 52.3 Å². The Balaban J connectivity index is 1.61. The quantitative estimate of drug-likeness (QED) is 0.242. The lowest BCUT2D eigenvalue weighted by Gasteiger charge is -2.60. The molecule has 0 unspecified atom stereocenters. The van der Waals surface area contributed by atoms with Gasteiger partial charge in [-0.1, -0.05) is 69.8 Å². The third kappa shape index (κ3) is 4.18. The third-order valence-corrected chi connectivity index (χ3v) is 11.0. The number of oxime groups is 2. The zero-order valence-corrected chi connectivity index (χ0v) is 22.0. The monoisotopic (exact) mass is 456 g/mol. The van der Waals surface area contributed by atoms with Crippen molar-refractivity contribution in [1.29, 1.82) is 0 Å². The fraction of sp³-hybridized carbons (Fsp3) is 0.862. The van der Waals surface area contributed by atoms with Gasteiger partial charge in [0.05, 0.1) is 11.4 Å². The van der Waals surface area contributed by atoms with E-state index in [1.54, 1.807) is 0 Å². The van der Waals surface area contributed by atoms with Gasteiger partial charge >= 0.3 is 0 Å². The van der Waals surface area contributed by atoms with Crippen LogP contribution < -0.4 is 0 Å². The minimum Gasteiger partial charge on any atom is -0.411 e. The Bertz CT molecular complexity index is 814. The van der Waals surface area contributed by atoms with Gasteiger partial charge in [-0.15, -0.1) is 0 Å². The standard InChI is InChI=1S/C29H48N2O2/c1-18(2)8-7-9-19(3)24-10-11-25-23-17-22(20(4)30-32)27-16-21(31-33)12-14-29(27,6)26(23)13-15-28(24,25)5/h16,18-19,22-26,32-33H,7-15,17H2,1-6H3/b30-20+,31-21+/t19-,22-,23+,24-,25+,26+,28-,29-/m1/s1. The van der Waals surface area contributed by atoms with E-state index >= 15 is 0 Å². The summed E-state index contributed by atoms with van der Waals surface area (Å²) in [4.78, 5) is 0. The van der Waals surface area contributed by atoms with E-state index in [1.165, 1.54) is 50.5 Å². The first kappa shape index (κ1) is 24.8. The number of fused-ring (bicyclic) bond motifs is 5. The highest BCUT2D eigenvalue weighted by Crippen LogP contribution is 2.68. The Morgan fingerprint density at radius 1 is 1.06 bits per heavy atom. The van der Waals surface area contributed by atoms with E-state index in [0.717, 1.165) is 54.4 Å². The first-order valence-corrected chi connectivity index (χ1v) is 13.8. The molecule has 2 N–H and O–H groups in total. The van der Waals surface area contributed by atoms with Gasteiger partial charge in [0.25, 0.3) is 0 Å². The molecule has 33 heavy (non-hydrogen) atoms. The predicted molar refractivity (Wildman–Crippen MR) is 136 cm³/mol. The van der Waals surface area contributed by atoms with E-state index in [1.807, 2.05) is 6.92 Å². The van der Waals surface area contributed by atoms with Crippen molar-refractivity contribution in [2.24, 2.45) is 62.6 Å². The predicted octanol–water partition coefficient (Wildman–Crippen LogP) is 7.93. The smallest absolute Gasteiger partial charge is 0.0796 e. The Kier molecular flexibility index (Phi) is 7.05. The molecule has 0 aromatic carbocycles. The molecule has 4 rings (SSSR count). The maximum atomic E-state index is 9.74. The molecule has 4 heteroatoms. The molecule has 0 aliphatic heterocycles. The van der Waals surface area contributed by atoms with Crippen LogP contribution in [0.25, 0.3) is 0 Å². The fourth-order valence-electron chi connectivity index (χ4n) is 9.22. The molecule has 0 radical (unpaired) electrons. The van der Waals surface area contributed by atoms with Gasteiger partial charge in [0.1, 0.15) is 0 Å². The van der Waals surface area contributed by atoms with Gasteiger partial charge in [-0.3, -0.25) is 0 Å². The van der Waals surface area contributed by atoms with Crippen molar-refractivity contribution in [3.05, 3.63) is 11.6 Å². The van der Waals surface area contributed by atoms with Gasteiger partial charge < -0.3 is 10.4 Å². The third-order valence-electron chi connectivity index (χ3n) is 11.0. The average Bonchev–Trinajstić information content (AvgIpc) is 3.14. The minimum absolute atomic E-state index is 0.121. The highest BCUT2D eigenvalue weighted by atomic mass is 16.4. The summed E-state index contributed by atoms with van der Waals surface area (Å²) in [6, 6.07) is 0. The van der Waals surface area contributed by atoms with Crippen molar-refractivity contribution in [3.63, 3.8) is 0 Å². The summed E-state index contributed by atoms with van der Waals surface area (Å²) in [5.41, 5.74) is 3.55. The van der Waals surface area contributed by atoms with Crippen LogP contribution in [0.5, 0.6) is 0 Å². The lowest BCUT2D eigenvalue weighted by Crippen LogP contribution is -2.53. The molecule has 3 saturated carbocycles. The van der Waals surface area contributed by atoms with E-state index in [9.17, 15) is 10.4 Å². The van der Waals surface area contributed by atoms with Crippen molar-refractivity contribution in [2.75, 3.05) is 0 Å². The molecule has 0 amide bonds. The fourth-order valence-corrected chi connectivity index (χ4v) is 9.22. The van der Waals surface area contributed by atoms with Gasteiger partial charge in [0, 0.05) is 5.92 Å². The molecule has 4 aliphatic rings. The molecular formula is C29H48N2O2. The number of hydrogen-bond acceptors (Lipinski definition) is 4. The van der Waals surface area contributed by atoms with Crippen molar-refractivity contribution in [1.82, 2.24) is 0 Å². The largest absolute Gasteiger partial charge is 0.411 e. The van der Waals surface area contributed by atoms with E-state index in [4.69, 9.17) is 0 Å². The van der Waals surface area contributed by atoms with E-state index in [0.29, 0.717) is 17.3 Å². The molecule has 0 aromatic rings. The lowest BCUT2D eigenvalue weighted by atomic mass is 9.44. The zero-order chi connectivity index (χ0) is 24.0. The van der Waals surface area contributed by atoms with Crippen molar-refractivity contribution < 1.29 is 10.4 Å². The second-order valence-corrected chi connectivity index (χ2v) is 13.0. The zero-order valence-electron chi connectivity index (χ0n) is 22.0. The number of rotatable bonds is 6. The molecular weight excluding hydrogens is 408 g/mol. The summed E-state index contributed by atoms with van der Waals surface area (Å²) in [5, 5.41) is 26.5. The molecule has 3 fully saturated rings. The van der Waals surface area contributed by atoms with Crippen LogP contribution >= 0.6 is 0 Å². The highest BCUT2D eigenvalue weighted by molar-refractivity contribution is 5.98. The van der Waals surface area contributed by atoms with Crippen molar-refractivity contribution in [2.45, 2.75) is 106 Å². The second-order valence-electron chi connectivity index (χ2n) is 13.0. The number of hydrogen-bond donors (Lipinski definition) is 2. The van der Waals surface area contributed by atoms with Gasteiger partial charge in [-0.25, -0.2) is 0 Å². The average molecular weight is 457 g/mol. The van der Waals surface area contributed by atoms with Gasteiger partial charge in [-0.2, -0.15) is 0 Å². The summed E-state index contributed by atoms with van der Waals surface area (Å²) >= 11 is 0. The Labute approximate surface area is 202 Å². The van der Waals surface area contributed by atoms with Crippen molar-refractivity contribution >= 4 is 11.4 Å². The number of nitrogens with zero attached hydrogens (tertiary/aromatic N) is 2. The molecule has 0 heterocycles. The summed E-state index contributed by atoms with van der Waals surface area (Å²) in [7, 11) is 0. The Morgan fingerprint density at radius 3 is 2.48 bits per heavy atom. The topological polar surface area (TPSA) is 65.2 Å². The molecule has 0 saturated heterocycles. The molecule has 4 nitrogen and oxygen atoms in total. The molecule has 0 bridgehead atoms. The Morgan fingerprint density at radius 2 is 1.82 bits per heavy atom. The summed E-state index contributed by atoms with van der Waals surface area (Å²) in [6.07, 6.45) is 14.7. The summed E-state index contributed by atoms with van der Waals surface area (Å²) in [6.45, 7) is 14.3. The van der Waals surface area contributed by atoms with Crippen LogP contribution in [0.15, 0.2) is 22.0 Å². The van der Waals surface area contributed by atoms with Gasteiger partial charge in [0.15, 0.2) is 0 Å². The highest BCUT2D eigenvalue weighted by Gasteiger charge is 2.61. The summed E-state index contributed by atoms with van der Waals surface area (Å²) < 4.78 is 0. The van der Waals surface area contributed by atoms with Crippen LogP contribution in [-0.2, 0) is 0 Å². The van der Waals surface area contributed by atoms with Crippen LogP contribution in [0.1, 0.15) is 106 Å². The van der Waals surface area contributed by atoms with Crippen LogP contribution in [-0.4, -0.2) is 21.8 Å².